The molecule has 2 amide bonds. The molecule has 0 aromatic carbocycles. The van der Waals surface area contributed by atoms with Crippen molar-refractivity contribution in [2.45, 2.75) is 71.2 Å². The Balaban J connectivity index is 1.76. The van der Waals surface area contributed by atoms with E-state index in [0.29, 0.717) is 44.5 Å². The highest BCUT2D eigenvalue weighted by Crippen LogP contribution is 2.49. The van der Waals surface area contributed by atoms with Crippen molar-refractivity contribution in [3.05, 3.63) is 24.0 Å². The van der Waals surface area contributed by atoms with Crippen molar-refractivity contribution in [3.8, 4) is 0 Å². The van der Waals surface area contributed by atoms with Crippen LogP contribution in [-0.2, 0) is 15.7 Å². The number of pyridine rings is 1. The first-order valence-corrected chi connectivity index (χ1v) is 10.2. The molecule has 0 aliphatic carbocycles. The number of nitrogens with zero attached hydrogens (tertiary/aromatic N) is 3. The second-order valence-electron chi connectivity index (χ2n) is 9.09. The summed E-state index contributed by atoms with van der Waals surface area (Å²) in [6.45, 7) is 8.38. The number of carbonyl (C=O) groups is 2. The van der Waals surface area contributed by atoms with E-state index in [1.54, 1.807) is 9.80 Å². The highest BCUT2D eigenvalue weighted by molar-refractivity contribution is 5.97. The number of halogens is 3. The number of hydrogen-bond acceptors (Lipinski definition) is 4. The molecule has 0 saturated carbocycles. The van der Waals surface area contributed by atoms with Gasteiger partial charge in [0.2, 0.25) is 5.91 Å². The minimum Gasteiger partial charge on any atom is -0.444 e. The highest BCUT2D eigenvalue weighted by Gasteiger charge is 2.53. The number of anilines is 1. The molecular weight excluding hydrogens is 399 g/mol. The number of hydrogen-bond donors (Lipinski definition) is 0. The lowest BCUT2D eigenvalue weighted by molar-refractivity contribution is -0.141. The lowest BCUT2D eigenvalue weighted by atomic mass is 9.71. The van der Waals surface area contributed by atoms with E-state index in [0.717, 1.165) is 12.3 Å². The van der Waals surface area contributed by atoms with Crippen LogP contribution in [0.1, 0.15) is 59.1 Å². The fourth-order valence-corrected chi connectivity index (χ4v) is 4.56. The molecule has 2 fully saturated rings. The van der Waals surface area contributed by atoms with Gasteiger partial charge in [-0.1, -0.05) is 6.92 Å². The van der Waals surface area contributed by atoms with Gasteiger partial charge in [-0.25, -0.2) is 9.78 Å². The molecule has 9 heteroatoms. The number of likely N-dealkylation sites (tertiary alicyclic amines) is 1. The number of piperidine rings is 1. The molecule has 2 aliphatic rings. The monoisotopic (exact) mass is 427 g/mol. The van der Waals surface area contributed by atoms with E-state index < -0.39 is 17.5 Å². The molecule has 0 radical (unpaired) electrons. The maximum absolute atomic E-state index is 12.9. The summed E-state index contributed by atoms with van der Waals surface area (Å²) in [7, 11) is 0. The van der Waals surface area contributed by atoms with Gasteiger partial charge < -0.3 is 14.5 Å². The lowest BCUT2D eigenvalue weighted by Gasteiger charge is -2.43. The number of amides is 2. The van der Waals surface area contributed by atoms with Crippen LogP contribution in [0.4, 0.5) is 23.7 Å². The Morgan fingerprint density at radius 2 is 1.87 bits per heavy atom. The summed E-state index contributed by atoms with van der Waals surface area (Å²) in [6, 6.07) is 2.07. The summed E-state index contributed by atoms with van der Waals surface area (Å²) < 4.78 is 43.9. The summed E-state index contributed by atoms with van der Waals surface area (Å²) in [4.78, 5) is 32.0. The maximum atomic E-state index is 12.9. The van der Waals surface area contributed by atoms with E-state index in [-0.39, 0.29) is 23.5 Å². The Bertz CT molecular complexity index is 794. The van der Waals surface area contributed by atoms with E-state index in [4.69, 9.17) is 4.74 Å². The Morgan fingerprint density at radius 1 is 1.23 bits per heavy atom. The van der Waals surface area contributed by atoms with Gasteiger partial charge in [-0.05, 0) is 52.2 Å². The largest absolute Gasteiger partial charge is 0.444 e. The van der Waals surface area contributed by atoms with E-state index in [9.17, 15) is 22.8 Å². The van der Waals surface area contributed by atoms with Gasteiger partial charge >= 0.3 is 12.3 Å². The summed E-state index contributed by atoms with van der Waals surface area (Å²) in [5.74, 6) is -0.117. The number of carbonyl (C=O) groups excluding carboxylic acids is 2. The van der Waals surface area contributed by atoms with Gasteiger partial charge in [0.15, 0.2) is 0 Å². The summed E-state index contributed by atoms with van der Waals surface area (Å²) >= 11 is 0. The van der Waals surface area contributed by atoms with Crippen LogP contribution in [0.2, 0.25) is 0 Å². The molecule has 1 unspecified atom stereocenters. The van der Waals surface area contributed by atoms with Gasteiger partial charge in [-0.15, -0.1) is 0 Å². The zero-order valence-electron chi connectivity index (χ0n) is 17.8. The topological polar surface area (TPSA) is 62.7 Å². The Labute approximate surface area is 174 Å². The smallest absolute Gasteiger partial charge is 0.433 e. The van der Waals surface area contributed by atoms with Crippen LogP contribution in [0.25, 0.3) is 0 Å². The van der Waals surface area contributed by atoms with Crippen molar-refractivity contribution in [1.29, 1.82) is 0 Å². The molecule has 0 N–H and O–H groups in total. The van der Waals surface area contributed by atoms with Crippen LogP contribution >= 0.6 is 0 Å². The van der Waals surface area contributed by atoms with Gasteiger partial charge in [0.1, 0.15) is 11.3 Å². The van der Waals surface area contributed by atoms with Gasteiger partial charge in [-0.3, -0.25) is 4.79 Å². The van der Waals surface area contributed by atoms with Crippen LogP contribution in [-0.4, -0.2) is 46.6 Å². The molecule has 3 rings (SSSR count). The Kier molecular flexibility index (Phi) is 5.77. The highest BCUT2D eigenvalue weighted by atomic mass is 19.4. The van der Waals surface area contributed by atoms with Crippen molar-refractivity contribution in [3.63, 3.8) is 0 Å². The maximum Gasteiger partial charge on any atom is 0.433 e. The first kappa shape index (κ1) is 22.4. The molecule has 1 aromatic rings. The molecule has 2 saturated heterocycles. The predicted molar refractivity (Wildman–Crippen MR) is 105 cm³/mol. The average molecular weight is 427 g/mol. The van der Waals surface area contributed by atoms with Gasteiger partial charge in [0.05, 0.1) is 11.9 Å². The van der Waals surface area contributed by atoms with Crippen molar-refractivity contribution in [1.82, 2.24) is 9.88 Å². The molecule has 1 spiro atoms. The molecule has 166 valence electrons. The summed E-state index contributed by atoms with van der Waals surface area (Å²) in [5, 5.41) is 0. The number of alkyl halides is 3. The number of aromatic nitrogens is 1. The fourth-order valence-electron chi connectivity index (χ4n) is 4.56. The van der Waals surface area contributed by atoms with Crippen molar-refractivity contribution >= 4 is 17.7 Å². The second kappa shape index (κ2) is 7.74. The summed E-state index contributed by atoms with van der Waals surface area (Å²) in [5.41, 5.74) is -1.49. The van der Waals surface area contributed by atoms with Crippen LogP contribution in [0.15, 0.2) is 18.3 Å². The third-order valence-electron chi connectivity index (χ3n) is 5.90. The molecule has 3 heterocycles. The average Bonchev–Trinajstić information content (AvgIpc) is 2.91. The van der Waals surface area contributed by atoms with Gasteiger partial charge in [-0.2, -0.15) is 13.2 Å². The Morgan fingerprint density at radius 3 is 2.33 bits per heavy atom. The zero-order valence-corrected chi connectivity index (χ0v) is 17.8. The third kappa shape index (κ3) is 4.39. The van der Waals surface area contributed by atoms with E-state index in [2.05, 4.69) is 4.98 Å². The number of rotatable bonds is 2. The molecule has 2 aliphatic heterocycles. The van der Waals surface area contributed by atoms with Gasteiger partial charge in [0.25, 0.3) is 0 Å². The number of ether oxygens (including phenoxy) is 1. The normalized spacial score (nSPS) is 22.0. The lowest BCUT2D eigenvalue weighted by Crippen LogP contribution is -2.49. The minimum atomic E-state index is -4.52. The second-order valence-corrected chi connectivity index (χ2v) is 9.09. The molecule has 6 nitrogen and oxygen atoms in total. The third-order valence-corrected chi connectivity index (χ3v) is 5.90. The molecule has 0 bridgehead atoms. The SMILES string of the molecule is CCC1N(c2ccc(C(F)(F)F)nc2)C(=O)CC12CCN(C(=O)OC(C)(C)C)CC2. The van der Waals surface area contributed by atoms with Gasteiger partial charge in [0, 0.05) is 31.0 Å². The Hall–Kier alpha value is -2.32. The van der Waals surface area contributed by atoms with Crippen LogP contribution < -0.4 is 4.90 Å². The van der Waals surface area contributed by atoms with Crippen LogP contribution in [0.5, 0.6) is 0 Å². The molecular formula is C21H28F3N3O3. The van der Waals surface area contributed by atoms with Crippen molar-refractivity contribution < 1.29 is 27.5 Å². The first-order chi connectivity index (χ1) is 13.9. The molecule has 30 heavy (non-hydrogen) atoms. The standard InChI is InChI=1S/C21H28F3N3O3/c1-5-16-20(8-10-26(11-9-20)18(29)30-19(2,3)4)12-17(28)27(16)14-6-7-15(25-13-14)21(22,23)24/h6-7,13,16H,5,8-12H2,1-4H3. The molecule has 1 aromatic heterocycles. The zero-order chi connectivity index (χ0) is 22.3. The van der Waals surface area contributed by atoms with E-state index >= 15 is 0 Å². The van der Waals surface area contributed by atoms with Crippen molar-refractivity contribution in [2.75, 3.05) is 18.0 Å². The fraction of sp³-hybridized carbons (Fsp3) is 0.667. The predicted octanol–water partition coefficient (Wildman–Crippen LogP) is 4.63. The van der Waals surface area contributed by atoms with E-state index in [1.165, 1.54) is 6.07 Å². The van der Waals surface area contributed by atoms with Crippen molar-refractivity contribution in [2.24, 2.45) is 5.41 Å². The molecule has 1 atom stereocenters. The quantitative estimate of drug-likeness (QED) is 0.690. The minimum absolute atomic E-state index is 0.117. The van der Waals surface area contributed by atoms with Crippen LogP contribution in [0.3, 0.4) is 0 Å². The summed E-state index contributed by atoms with van der Waals surface area (Å²) in [6.07, 6.45) is -1.50. The van der Waals surface area contributed by atoms with Crippen LogP contribution in [0, 0.1) is 5.41 Å². The van der Waals surface area contributed by atoms with E-state index in [1.807, 2.05) is 27.7 Å². The first-order valence-electron chi connectivity index (χ1n) is 10.2.